The number of carbonyl (C=O) groups excluding carboxylic acids is 1. The number of carbonyl (C=O) groups is 1. The van der Waals surface area contributed by atoms with Gasteiger partial charge in [0.2, 0.25) is 5.91 Å². The third-order valence-electron chi connectivity index (χ3n) is 3.79. The highest BCUT2D eigenvalue weighted by Crippen LogP contribution is 2.18. The van der Waals surface area contributed by atoms with Crippen LogP contribution in [0.15, 0.2) is 0 Å². The minimum Gasteiger partial charge on any atom is -0.381 e. The number of amides is 1. The van der Waals surface area contributed by atoms with Crippen molar-refractivity contribution in [1.82, 2.24) is 10.6 Å². The fourth-order valence-corrected chi connectivity index (χ4v) is 2.62. The van der Waals surface area contributed by atoms with Crippen molar-refractivity contribution in [2.24, 2.45) is 5.92 Å². The summed E-state index contributed by atoms with van der Waals surface area (Å²) in [5.74, 6) is 0.676. The average molecular weight is 293 g/mol. The van der Waals surface area contributed by atoms with Crippen LogP contribution in [-0.2, 0) is 14.3 Å². The van der Waals surface area contributed by atoms with Crippen LogP contribution in [0.2, 0.25) is 0 Å². The van der Waals surface area contributed by atoms with Crippen LogP contribution in [0.5, 0.6) is 0 Å². The van der Waals surface area contributed by atoms with E-state index >= 15 is 0 Å². The Morgan fingerprint density at radius 2 is 2.05 bits per heavy atom. The van der Waals surface area contributed by atoms with E-state index in [4.69, 9.17) is 9.47 Å². The molecule has 2 N–H and O–H groups in total. The summed E-state index contributed by atoms with van der Waals surface area (Å²) in [6, 6.07) is 0.409. The lowest BCUT2D eigenvalue weighted by Gasteiger charge is -2.29. The third-order valence-corrected chi connectivity index (χ3v) is 3.79. The van der Waals surface area contributed by atoms with Gasteiger partial charge in [-0.2, -0.15) is 0 Å². The van der Waals surface area contributed by atoms with Crippen LogP contribution < -0.4 is 10.6 Å². The molecular formula is C13H25ClN2O3. The maximum absolute atomic E-state index is 11.9. The Labute approximate surface area is 121 Å². The SMILES string of the molecule is CC(NC(=O)CC1COCCN1)C1CCOCC1.Cl. The Balaban J connectivity index is 0.00000180. The predicted molar refractivity (Wildman–Crippen MR) is 75.6 cm³/mol. The predicted octanol–water partition coefficient (Wildman–Crippen LogP) is 0.718. The van der Waals surface area contributed by atoms with Crippen molar-refractivity contribution in [3.05, 3.63) is 0 Å². The molecule has 1 amide bonds. The Hall–Kier alpha value is -0.360. The van der Waals surface area contributed by atoms with Gasteiger partial charge in [-0.1, -0.05) is 0 Å². The van der Waals surface area contributed by atoms with E-state index in [1.807, 2.05) is 0 Å². The largest absolute Gasteiger partial charge is 0.381 e. The lowest BCUT2D eigenvalue weighted by Crippen LogP contribution is -2.47. The van der Waals surface area contributed by atoms with Crippen molar-refractivity contribution in [1.29, 1.82) is 0 Å². The van der Waals surface area contributed by atoms with Gasteiger partial charge in [0.15, 0.2) is 0 Å². The Morgan fingerprint density at radius 1 is 1.32 bits per heavy atom. The molecule has 2 saturated heterocycles. The molecule has 2 heterocycles. The van der Waals surface area contributed by atoms with E-state index in [0.717, 1.165) is 39.2 Å². The fourth-order valence-electron chi connectivity index (χ4n) is 2.62. The van der Waals surface area contributed by atoms with Crippen molar-refractivity contribution in [3.63, 3.8) is 0 Å². The molecule has 2 aliphatic heterocycles. The highest BCUT2D eigenvalue weighted by atomic mass is 35.5. The van der Waals surface area contributed by atoms with Gasteiger partial charge in [-0.25, -0.2) is 0 Å². The quantitative estimate of drug-likeness (QED) is 0.802. The molecule has 5 nitrogen and oxygen atoms in total. The van der Waals surface area contributed by atoms with Crippen molar-refractivity contribution >= 4 is 18.3 Å². The molecule has 0 aromatic carbocycles. The van der Waals surface area contributed by atoms with Crippen LogP contribution in [0.3, 0.4) is 0 Å². The van der Waals surface area contributed by atoms with Gasteiger partial charge in [-0.15, -0.1) is 12.4 Å². The smallest absolute Gasteiger partial charge is 0.221 e. The van der Waals surface area contributed by atoms with E-state index in [1.54, 1.807) is 0 Å². The van der Waals surface area contributed by atoms with Gasteiger partial charge in [0, 0.05) is 38.3 Å². The molecule has 2 aliphatic rings. The zero-order valence-corrected chi connectivity index (χ0v) is 12.3. The maximum atomic E-state index is 11.9. The summed E-state index contributed by atoms with van der Waals surface area (Å²) >= 11 is 0. The molecule has 0 aliphatic carbocycles. The van der Waals surface area contributed by atoms with Gasteiger partial charge in [0.1, 0.15) is 0 Å². The Kier molecular flexibility index (Phi) is 7.68. The molecule has 0 aromatic rings. The molecule has 0 bridgehead atoms. The number of hydrogen-bond donors (Lipinski definition) is 2. The molecule has 2 atom stereocenters. The van der Waals surface area contributed by atoms with Gasteiger partial charge in [0.05, 0.1) is 13.2 Å². The first kappa shape index (κ1) is 16.7. The molecule has 0 radical (unpaired) electrons. The van der Waals surface area contributed by atoms with Crippen molar-refractivity contribution in [3.8, 4) is 0 Å². The zero-order chi connectivity index (χ0) is 12.8. The van der Waals surface area contributed by atoms with Crippen LogP contribution in [0.25, 0.3) is 0 Å². The van der Waals surface area contributed by atoms with E-state index in [9.17, 15) is 4.79 Å². The summed E-state index contributed by atoms with van der Waals surface area (Å²) in [6.07, 6.45) is 2.60. The summed E-state index contributed by atoms with van der Waals surface area (Å²) in [7, 11) is 0. The normalized spacial score (nSPS) is 26.3. The molecule has 0 aromatic heterocycles. The minimum atomic E-state index is 0. The topological polar surface area (TPSA) is 59.6 Å². The molecule has 6 heteroatoms. The second-order valence-corrected chi connectivity index (χ2v) is 5.24. The number of rotatable bonds is 4. The number of morpholine rings is 1. The van der Waals surface area contributed by atoms with Crippen molar-refractivity contribution in [2.75, 3.05) is 33.0 Å². The van der Waals surface area contributed by atoms with E-state index in [2.05, 4.69) is 17.6 Å². The molecule has 2 fully saturated rings. The maximum Gasteiger partial charge on any atom is 0.221 e. The van der Waals surface area contributed by atoms with Crippen LogP contribution in [0.4, 0.5) is 0 Å². The van der Waals surface area contributed by atoms with Gasteiger partial charge < -0.3 is 20.1 Å². The second kappa shape index (κ2) is 8.74. The van der Waals surface area contributed by atoms with E-state index in [1.165, 1.54) is 0 Å². The first-order valence-corrected chi connectivity index (χ1v) is 6.94. The van der Waals surface area contributed by atoms with Crippen LogP contribution in [0, 0.1) is 5.92 Å². The van der Waals surface area contributed by atoms with Crippen molar-refractivity contribution in [2.45, 2.75) is 38.3 Å². The molecule has 2 rings (SSSR count). The summed E-state index contributed by atoms with van der Waals surface area (Å²) in [5, 5.41) is 6.40. The first-order chi connectivity index (χ1) is 8.75. The fraction of sp³-hybridized carbons (Fsp3) is 0.923. The minimum absolute atomic E-state index is 0. The molecule has 0 saturated carbocycles. The molecular weight excluding hydrogens is 268 g/mol. The molecule has 2 unspecified atom stereocenters. The Bertz CT molecular complexity index is 267. The highest BCUT2D eigenvalue weighted by molar-refractivity contribution is 5.85. The number of ether oxygens (including phenoxy) is 2. The Morgan fingerprint density at radius 3 is 2.68 bits per heavy atom. The molecule has 19 heavy (non-hydrogen) atoms. The van der Waals surface area contributed by atoms with Gasteiger partial charge in [-0.05, 0) is 25.7 Å². The number of nitrogens with one attached hydrogen (secondary N) is 2. The lowest BCUT2D eigenvalue weighted by molar-refractivity contribution is -0.123. The second-order valence-electron chi connectivity index (χ2n) is 5.24. The number of hydrogen-bond acceptors (Lipinski definition) is 4. The van der Waals surface area contributed by atoms with E-state index < -0.39 is 0 Å². The van der Waals surface area contributed by atoms with Crippen molar-refractivity contribution < 1.29 is 14.3 Å². The average Bonchev–Trinajstić information content (AvgIpc) is 2.40. The van der Waals surface area contributed by atoms with E-state index in [-0.39, 0.29) is 30.4 Å². The summed E-state index contributed by atoms with van der Waals surface area (Å²) < 4.78 is 10.7. The van der Waals surface area contributed by atoms with Gasteiger partial charge in [-0.3, -0.25) is 4.79 Å². The van der Waals surface area contributed by atoms with Crippen LogP contribution in [0.1, 0.15) is 26.2 Å². The van der Waals surface area contributed by atoms with E-state index in [0.29, 0.717) is 18.9 Å². The standard InChI is InChI=1S/C13H24N2O3.ClH/c1-10(11-2-5-17-6-3-11)15-13(16)8-12-9-18-7-4-14-12;/h10-12,14H,2-9H2,1H3,(H,15,16);1H. The number of halogens is 1. The summed E-state index contributed by atoms with van der Waals surface area (Å²) in [4.78, 5) is 11.9. The third kappa shape index (κ3) is 5.65. The zero-order valence-electron chi connectivity index (χ0n) is 11.5. The van der Waals surface area contributed by atoms with Crippen LogP contribution >= 0.6 is 12.4 Å². The van der Waals surface area contributed by atoms with Gasteiger partial charge in [0.25, 0.3) is 0 Å². The summed E-state index contributed by atoms with van der Waals surface area (Å²) in [5.41, 5.74) is 0. The molecule has 0 spiro atoms. The highest BCUT2D eigenvalue weighted by Gasteiger charge is 2.23. The first-order valence-electron chi connectivity index (χ1n) is 6.94. The molecule has 112 valence electrons. The van der Waals surface area contributed by atoms with Gasteiger partial charge >= 0.3 is 0 Å². The lowest BCUT2D eigenvalue weighted by atomic mass is 9.93. The summed E-state index contributed by atoms with van der Waals surface area (Å²) in [6.45, 7) is 5.97. The van der Waals surface area contributed by atoms with Crippen LogP contribution in [-0.4, -0.2) is 51.0 Å². The monoisotopic (exact) mass is 292 g/mol.